The van der Waals surface area contributed by atoms with Crippen LogP contribution in [0.15, 0.2) is 54.6 Å². The molecule has 1 atom stereocenters. The zero-order valence-corrected chi connectivity index (χ0v) is 18.6. The maximum atomic E-state index is 13.2. The number of nitrogens with one attached hydrogen (secondary N) is 1. The molecule has 1 heterocycles. The molecule has 31 heavy (non-hydrogen) atoms. The second kappa shape index (κ2) is 10.6. The molecule has 2 aromatic rings. The number of likely N-dealkylation sites (tertiary alicyclic amines) is 1. The minimum Gasteiger partial charge on any atom is -0.347 e. The van der Waals surface area contributed by atoms with Crippen molar-refractivity contribution in [2.45, 2.75) is 50.5 Å². The number of carbonyl (C=O) groups excluding carboxylic acids is 3. The van der Waals surface area contributed by atoms with Gasteiger partial charge in [0.25, 0.3) is 0 Å². The Balaban J connectivity index is 1.74. The van der Waals surface area contributed by atoms with Crippen LogP contribution < -0.4 is 5.32 Å². The molecule has 6 heteroatoms. The molecule has 1 N–H and O–H groups in total. The summed E-state index contributed by atoms with van der Waals surface area (Å²) in [6.07, 6.45) is 3.50. The van der Waals surface area contributed by atoms with Crippen LogP contribution in [0.4, 0.5) is 0 Å². The van der Waals surface area contributed by atoms with E-state index in [9.17, 15) is 14.4 Å². The SMILES string of the molecule is CCCC(=O)C1(c2ccccc2)CCN(C(=O)[C@@H](Cc2ccc(Cl)cc2)NC=O)CC1. The number of hydrogen-bond donors (Lipinski definition) is 1. The smallest absolute Gasteiger partial charge is 0.245 e. The summed E-state index contributed by atoms with van der Waals surface area (Å²) in [5, 5.41) is 3.29. The van der Waals surface area contributed by atoms with Gasteiger partial charge in [-0.1, -0.05) is 61.0 Å². The standard InChI is InChI=1S/C25H29ClN2O3/c1-2-6-23(30)25(20-7-4-3-5-8-20)13-15-28(16-14-25)24(31)22(27-18-29)17-19-9-11-21(26)12-10-19/h3-5,7-12,18,22H,2,6,13-17H2,1H3,(H,27,29)/t22-/m1/s1. The Morgan fingerprint density at radius 3 is 2.32 bits per heavy atom. The second-order valence-electron chi connectivity index (χ2n) is 8.11. The van der Waals surface area contributed by atoms with Crippen LogP contribution in [0.25, 0.3) is 0 Å². The molecule has 0 aliphatic carbocycles. The average Bonchev–Trinajstić information content (AvgIpc) is 2.80. The quantitative estimate of drug-likeness (QED) is 0.601. The highest BCUT2D eigenvalue weighted by atomic mass is 35.5. The van der Waals surface area contributed by atoms with Gasteiger partial charge >= 0.3 is 0 Å². The first-order valence-electron chi connectivity index (χ1n) is 10.8. The van der Waals surface area contributed by atoms with Crippen LogP contribution in [-0.4, -0.2) is 42.1 Å². The van der Waals surface area contributed by atoms with E-state index in [1.165, 1.54) is 0 Å². The molecule has 0 aromatic heterocycles. The van der Waals surface area contributed by atoms with E-state index in [2.05, 4.69) is 5.32 Å². The fourth-order valence-electron chi connectivity index (χ4n) is 4.44. The van der Waals surface area contributed by atoms with Gasteiger partial charge in [0.1, 0.15) is 11.8 Å². The van der Waals surface area contributed by atoms with Crippen LogP contribution in [-0.2, 0) is 26.2 Å². The van der Waals surface area contributed by atoms with E-state index in [0.717, 1.165) is 17.5 Å². The number of carbonyl (C=O) groups is 3. The molecular formula is C25H29ClN2O3. The normalized spacial score (nSPS) is 16.4. The van der Waals surface area contributed by atoms with E-state index in [4.69, 9.17) is 11.6 Å². The molecule has 5 nitrogen and oxygen atoms in total. The Labute approximate surface area is 188 Å². The predicted molar refractivity (Wildman–Crippen MR) is 122 cm³/mol. The maximum Gasteiger partial charge on any atom is 0.245 e. The van der Waals surface area contributed by atoms with E-state index < -0.39 is 11.5 Å². The molecule has 0 spiro atoms. The van der Waals surface area contributed by atoms with Gasteiger partial charge in [-0.3, -0.25) is 14.4 Å². The Morgan fingerprint density at radius 1 is 1.10 bits per heavy atom. The molecule has 1 fully saturated rings. The Hall–Kier alpha value is -2.66. The van der Waals surface area contributed by atoms with Crippen LogP contribution in [0.1, 0.15) is 43.7 Å². The summed E-state index contributed by atoms with van der Waals surface area (Å²) in [7, 11) is 0. The third-order valence-electron chi connectivity index (χ3n) is 6.19. The number of ketones is 1. The van der Waals surface area contributed by atoms with Crippen molar-refractivity contribution in [2.24, 2.45) is 0 Å². The Bertz CT molecular complexity index is 891. The molecule has 164 valence electrons. The van der Waals surface area contributed by atoms with E-state index in [1.807, 2.05) is 49.4 Å². The van der Waals surface area contributed by atoms with E-state index >= 15 is 0 Å². The highest BCUT2D eigenvalue weighted by molar-refractivity contribution is 6.30. The zero-order valence-electron chi connectivity index (χ0n) is 17.9. The maximum absolute atomic E-state index is 13.2. The lowest BCUT2D eigenvalue weighted by molar-refractivity contribution is -0.138. The van der Waals surface area contributed by atoms with Crippen molar-refractivity contribution in [3.8, 4) is 0 Å². The Kier molecular flexibility index (Phi) is 7.85. The van der Waals surface area contributed by atoms with Crippen LogP contribution in [0.2, 0.25) is 5.02 Å². The summed E-state index contributed by atoms with van der Waals surface area (Å²) in [6.45, 7) is 2.99. The molecule has 0 unspecified atom stereocenters. The first-order chi connectivity index (χ1) is 15.0. The molecule has 2 aromatic carbocycles. The van der Waals surface area contributed by atoms with Gasteiger partial charge in [0.2, 0.25) is 12.3 Å². The number of Topliss-reactive ketones (excluding diaryl/α,β-unsaturated/α-hetero) is 1. The molecule has 1 aliphatic rings. The number of amides is 2. The first kappa shape index (κ1) is 23.0. The lowest BCUT2D eigenvalue weighted by Crippen LogP contribution is -2.54. The lowest BCUT2D eigenvalue weighted by atomic mass is 9.68. The number of hydrogen-bond acceptors (Lipinski definition) is 3. The number of rotatable bonds is 9. The van der Waals surface area contributed by atoms with Crippen molar-refractivity contribution >= 4 is 29.7 Å². The van der Waals surface area contributed by atoms with Crippen molar-refractivity contribution in [3.05, 3.63) is 70.7 Å². The van der Waals surface area contributed by atoms with E-state index in [0.29, 0.717) is 50.2 Å². The summed E-state index contributed by atoms with van der Waals surface area (Å²) in [6, 6.07) is 16.5. The highest BCUT2D eigenvalue weighted by Gasteiger charge is 2.43. The fourth-order valence-corrected chi connectivity index (χ4v) is 4.56. The van der Waals surface area contributed by atoms with E-state index in [1.54, 1.807) is 17.0 Å². The van der Waals surface area contributed by atoms with Gasteiger partial charge in [-0.2, -0.15) is 0 Å². The molecule has 1 aliphatic heterocycles. The monoisotopic (exact) mass is 440 g/mol. The van der Waals surface area contributed by atoms with E-state index in [-0.39, 0.29) is 11.7 Å². The molecule has 1 saturated heterocycles. The molecule has 3 rings (SSSR count). The minimum atomic E-state index is -0.644. The van der Waals surface area contributed by atoms with Gasteiger partial charge in [-0.05, 0) is 42.5 Å². The summed E-state index contributed by atoms with van der Waals surface area (Å²) >= 11 is 5.94. The molecule has 0 saturated carbocycles. The van der Waals surface area contributed by atoms with Gasteiger partial charge in [-0.15, -0.1) is 0 Å². The van der Waals surface area contributed by atoms with Crippen LogP contribution in [0.3, 0.4) is 0 Å². The number of nitrogens with zero attached hydrogens (tertiary/aromatic N) is 1. The van der Waals surface area contributed by atoms with Crippen LogP contribution in [0, 0.1) is 0 Å². The fraction of sp³-hybridized carbons (Fsp3) is 0.400. The molecular weight excluding hydrogens is 412 g/mol. The second-order valence-corrected chi connectivity index (χ2v) is 8.55. The lowest BCUT2D eigenvalue weighted by Gasteiger charge is -2.42. The first-order valence-corrected chi connectivity index (χ1v) is 11.2. The van der Waals surface area contributed by atoms with Crippen molar-refractivity contribution in [1.29, 1.82) is 0 Å². The predicted octanol–water partition coefficient (Wildman–Crippen LogP) is 3.93. The van der Waals surface area contributed by atoms with Gasteiger partial charge in [0.15, 0.2) is 0 Å². The van der Waals surface area contributed by atoms with Crippen LogP contribution in [0.5, 0.6) is 0 Å². The van der Waals surface area contributed by atoms with Crippen LogP contribution >= 0.6 is 11.6 Å². The summed E-state index contributed by atoms with van der Waals surface area (Å²) in [4.78, 5) is 39.2. The van der Waals surface area contributed by atoms with Crippen molar-refractivity contribution in [2.75, 3.05) is 13.1 Å². The van der Waals surface area contributed by atoms with Crippen molar-refractivity contribution in [1.82, 2.24) is 10.2 Å². The van der Waals surface area contributed by atoms with Crippen molar-refractivity contribution in [3.63, 3.8) is 0 Å². The average molecular weight is 441 g/mol. The van der Waals surface area contributed by atoms with Gasteiger partial charge in [0, 0.05) is 31.0 Å². The van der Waals surface area contributed by atoms with Gasteiger partial charge in [0.05, 0.1) is 5.41 Å². The number of piperidine rings is 1. The number of halogens is 1. The minimum absolute atomic E-state index is 0.119. The Morgan fingerprint density at radius 2 is 1.74 bits per heavy atom. The van der Waals surface area contributed by atoms with Gasteiger partial charge in [-0.25, -0.2) is 0 Å². The highest BCUT2D eigenvalue weighted by Crippen LogP contribution is 2.38. The van der Waals surface area contributed by atoms with Gasteiger partial charge < -0.3 is 10.2 Å². The molecule has 0 bridgehead atoms. The van der Waals surface area contributed by atoms with Crippen molar-refractivity contribution < 1.29 is 14.4 Å². The third kappa shape index (κ3) is 5.34. The summed E-state index contributed by atoms with van der Waals surface area (Å²) < 4.78 is 0. The topological polar surface area (TPSA) is 66.5 Å². The zero-order chi connectivity index (χ0) is 22.3. The third-order valence-corrected chi connectivity index (χ3v) is 6.44. The summed E-state index contributed by atoms with van der Waals surface area (Å²) in [5.74, 6) is 0.128. The molecule has 2 amide bonds. The summed E-state index contributed by atoms with van der Waals surface area (Å²) in [5.41, 5.74) is 1.41. The number of benzene rings is 2. The largest absolute Gasteiger partial charge is 0.347 e. The molecule has 0 radical (unpaired) electrons.